The average molecular weight is 765 g/mol. The van der Waals surface area contributed by atoms with Crippen molar-refractivity contribution in [3.63, 3.8) is 0 Å². The van der Waals surface area contributed by atoms with E-state index in [1.165, 1.54) is 12.8 Å². The zero-order chi connectivity index (χ0) is 40.4. The number of aromatic nitrogens is 4. The van der Waals surface area contributed by atoms with Gasteiger partial charge in [0.2, 0.25) is 0 Å². The Morgan fingerprint density at radius 2 is 1.16 bits per heavy atom. The van der Waals surface area contributed by atoms with E-state index in [1.54, 1.807) is 7.11 Å². The molecule has 0 aliphatic carbocycles. The Bertz CT molecular complexity index is 1960. The van der Waals surface area contributed by atoms with Crippen LogP contribution in [0.15, 0.2) is 48.7 Å². The molecule has 2 heterocycles. The van der Waals surface area contributed by atoms with Gasteiger partial charge in [0.25, 0.3) is 0 Å². The summed E-state index contributed by atoms with van der Waals surface area (Å²) >= 11 is 0. The van der Waals surface area contributed by atoms with Crippen molar-refractivity contribution in [3.05, 3.63) is 59.8 Å². The lowest BCUT2D eigenvalue weighted by atomic mass is 10.0. The van der Waals surface area contributed by atoms with E-state index in [0.717, 1.165) is 73.7 Å². The van der Waals surface area contributed by atoms with Gasteiger partial charge in [-0.1, -0.05) is 80.1 Å². The third kappa shape index (κ3) is 9.95. The van der Waals surface area contributed by atoms with Crippen LogP contribution >= 0.6 is 0 Å². The van der Waals surface area contributed by atoms with E-state index in [4.69, 9.17) is 29.2 Å². The maximum atomic E-state index is 11.7. The molecule has 0 radical (unpaired) electrons. The predicted molar refractivity (Wildman–Crippen MR) is 228 cm³/mol. The molecule has 0 amide bonds. The summed E-state index contributed by atoms with van der Waals surface area (Å²) in [7, 11) is 1.66. The van der Waals surface area contributed by atoms with Crippen LogP contribution < -0.4 is 14.2 Å². The second-order valence-electron chi connectivity index (χ2n) is 15.7. The van der Waals surface area contributed by atoms with Crippen molar-refractivity contribution in [1.82, 2.24) is 19.5 Å². The molecule has 2 N–H and O–H groups in total. The molecule has 56 heavy (non-hydrogen) atoms. The summed E-state index contributed by atoms with van der Waals surface area (Å²) in [6.45, 7) is 19.0. The first kappa shape index (κ1) is 42.4. The monoisotopic (exact) mass is 764 g/mol. The summed E-state index contributed by atoms with van der Waals surface area (Å²) in [6.07, 6.45) is 12.0. The number of fused-ring (bicyclic) bond motifs is 1. The number of ether oxygens (including phenoxy) is 3. The normalized spacial score (nSPS) is 12.7. The Balaban J connectivity index is 1.63. The number of unbranched alkanes of at least 4 members (excludes halogenated alkanes) is 2. The first-order valence-corrected chi connectivity index (χ1v) is 20.9. The van der Waals surface area contributed by atoms with Crippen molar-refractivity contribution >= 4 is 10.9 Å². The number of phenolic OH excluding ortho intramolecular Hbond substituents is 2. The molecule has 0 bridgehead atoms. The van der Waals surface area contributed by atoms with Crippen LogP contribution in [-0.2, 0) is 6.54 Å². The lowest BCUT2D eigenvalue weighted by molar-refractivity contribution is 0.231. The largest absolute Gasteiger partial charge is 0.507 e. The fourth-order valence-corrected chi connectivity index (χ4v) is 7.15. The molecular weight excluding hydrogens is 701 g/mol. The van der Waals surface area contributed by atoms with Crippen molar-refractivity contribution in [2.75, 3.05) is 20.3 Å². The van der Waals surface area contributed by atoms with Gasteiger partial charge in [0.05, 0.1) is 31.5 Å². The van der Waals surface area contributed by atoms with Gasteiger partial charge in [-0.25, -0.2) is 15.0 Å². The molecule has 0 fully saturated rings. The van der Waals surface area contributed by atoms with Crippen LogP contribution in [0, 0.1) is 31.6 Å². The van der Waals surface area contributed by atoms with Crippen molar-refractivity contribution < 1.29 is 24.4 Å². The van der Waals surface area contributed by atoms with Crippen LogP contribution in [0.2, 0.25) is 0 Å². The molecule has 2 atom stereocenters. The average Bonchev–Trinajstić information content (AvgIpc) is 3.57. The predicted octanol–water partition coefficient (Wildman–Crippen LogP) is 12.1. The highest BCUT2D eigenvalue weighted by atomic mass is 16.5. The highest BCUT2D eigenvalue weighted by Gasteiger charge is 2.23. The number of hydrogen-bond donors (Lipinski definition) is 2. The third-order valence-electron chi connectivity index (χ3n) is 11.2. The first-order valence-electron chi connectivity index (χ1n) is 20.9. The quantitative estimate of drug-likeness (QED) is 0.0759. The van der Waals surface area contributed by atoms with E-state index in [9.17, 15) is 10.2 Å². The molecule has 5 rings (SSSR count). The SMILES string of the molecule is CCCCC(CC)COc1ccc(-c2nc(-c3ccc(OCC(CC)CCCC)c(C)c3O)nc(-c3cn(CCC(C)C)c4ccc(OC)cc34)n2)c(O)c1C. The van der Waals surface area contributed by atoms with Crippen LogP contribution in [-0.4, -0.2) is 50.1 Å². The summed E-state index contributed by atoms with van der Waals surface area (Å²) in [5.41, 5.74) is 3.99. The highest BCUT2D eigenvalue weighted by molar-refractivity contribution is 5.96. The molecule has 3 aromatic carbocycles. The Labute approximate surface area is 334 Å². The van der Waals surface area contributed by atoms with Crippen LogP contribution in [0.25, 0.3) is 45.1 Å². The molecule has 9 nitrogen and oxygen atoms in total. The van der Waals surface area contributed by atoms with E-state index in [-0.39, 0.29) is 23.1 Å². The van der Waals surface area contributed by atoms with Gasteiger partial charge in [-0.2, -0.15) is 0 Å². The topological polar surface area (TPSA) is 112 Å². The zero-order valence-electron chi connectivity index (χ0n) is 35.2. The summed E-state index contributed by atoms with van der Waals surface area (Å²) < 4.78 is 20.5. The van der Waals surface area contributed by atoms with E-state index < -0.39 is 0 Å². The van der Waals surface area contributed by atoms with E-state index >= 15 is 0 Å². The molecule has 2 aromatic heterocycles. The summed E-state index contributed by atoms with van der Waals surface area (Å²) in [6, 6.07) is 13.5. The lowest BCUT2D eigenvalue weighted by Gasteiger charge is -2.19. The number of phenols is 2. The van der Waals surface area contributed by atoms with Gasteiger partial charge < -0.3 is 29.0 Å². The van der Waals surface area contributed by atoms with Crippen molar-refractivity contribution in [1.29, 1.82) is 0 Å². The molecule has 0 aliphatic rings. The van der Waals surface area contributed by atoms with Gasteiger partial charge in [0.15, 0.2) is 17.5 Å². The maximum Gasteiger partial charge on any atom is 0.167 e. The van der Waals surface area contributed by atoms with Gasteiger partial charge in [-0.3, -0.25) is 0 Å². The summed E-state index contributed by atoms with van der Waals surface area (Å²) in [5.74, 6) is 4.52. The van der Waals surface area contributed by atoms with Crippen LogP contribution in [0.5, 0.6) is 28.7 Å². The number of methoxy groups -OCH3 is 1. The van der Waals surface area contributed by atoms with Gasteiger partial charge in [0, 0.05) is 40.3 Å². The van der Waals surface area contributed by atoms with Crippen LogP contribution in [0.1, 0.15) is 110 Å². The Morgan fingerprint density at radius 1 is 0.661 bits per heavy atom. The molecular formula is C47H64N4O5. The number of nitrogens with zero attached hydrogens (tertiary/aromatic N) is 4. The zero-order valence-corrected chi connectivity index (χ0v) is 35.2. The van der Waals surface area contributed by atoms with Crippen molar-refractivity contribution in [2.24, 2.45) is 17.8 Å². The third-order valence-corrected chi connectivity index (χ3v) is 11.2. The van der Waals surface area contributed by atoms with E-state index in [0.29, 0.717) is 70.5 Å². The molecule has 0 aliphatic heterocycles. The van der Waals surface area contributed by atoms with E-state index in [1.807, 2.05) is 50.2 Å². The molecule has 0 saturated carbocycles. The Kier molecular flexibility index (Phi) is 15.0. The van der Waals surface area contributed by atoms with E-state index in [2.05, 4.69) is 58.4 Å². The highest BCUT2D eigenvalue weighted by Crippen LogP contribution is 2.41. The fourth-order valence-electron chi connectivity index (χ4n) is 7.15. The summed E-state index contributed by atoms with van der Waals surface area (Å²) in [4.78, 5) is 15.0. The Morgan fingerprint density at radius 3 is 1.61 bits per heavy atom. The van der Waals surface area contributed by atoms with Crippen molar-refractivity contribution in [3.8, 4) is 62.9 Å². The number of benzene rings is 3. The van der Waals surface area contributed by atoms with Crippen LogP contribution in [0.3, 0.4) is 0 Å². The van der Waals surface area contributed by atoms with Gasteiger partial charge in [0.1, 0.15) is 28.7 Å². The minimum absolute atomic E-state index is 0.0472. The first-order chi connectivity index (χ1) is 27.0. The maximum absolute atomic E-state index is 11.7. The number of hydrogen-bond acceptors (Lipinski definition) is 8. The smallest absolute Gasteiger partial charge is 0.167 e. The molecule has 2 unspecified atom stereocenters. The standard InChI is InChI=1S/C47H64N4O5/c1-10-14-16-33(12-3)28-55-41-22-19-36(43(52)31(41)7)45-48-46(37-20-23-42(32(8)44(37)53)56-29-34(13-4)17-15-11-2)50-47(49-45)39-27-51(25-24-30(5)6)40-21-18-35(54-9)26-38(39)40/h18-23,26-27,30,33-34,52-53H,10-17,24-25,28-29H2,1-9H3. The van der Waals surface area contributed by atoms with Gasteiger partial charge in [-0.15, -0.1) is 0 Å². The molecule has 0 saturated heterocycles. The second-order valence-corrected chi connectivity index (χ2v) is 15.7. The Hall–Kier alpha value is -4.79. The second kappa shape index (κ2) is 19.9. The fraction of sp³-hybridized carbons (Fsp3) is 0.511. The van der Waals surface area contributed by atoms with Crippen molar-refractivity contribution in [2.45, 2.75) is 120 Å². The minimum Gasteiger partial charge on any atom is -0.507 e. The lowest BCUT2D eigenvalue weighted by Crippen LogP contribution is -2.12. The molecule has 0 spiro atoms. The van der Waals surface area contributed by atoms with Gasteiger partial charge in [-0.05, 0) is 93.3 Å². The number of rotatable bonds is 21. The van der Waals surface area contributed by atoms with Crippen LogP contribution in [0.4, 0.5) is 0 Å². The number of aryl methyl sites for hydroxylation is 1. The van der Waals surface area contributed by atoms with Gasteiger partial charge >= 0.3 is 0 Å². The minimum atomic E-state index is 0.0472. The number of aromatic hydroxyl groups is 2. The molecule has 9 heteroatoms. The molecule has 5 aromatic rings. The molecule has 302 valence electrons. The summed E-state index contributed by atoms with van der Waals surface area (Å²) in [5, 5.41) is 24.4.